The largest absolute Gasteiger partial charge is 0.480 e. The number of amides is 1. The van der Waals surface area contributed by atoms with Crippen LogP contribution in [-0.2, 0) is 16.1 Å². The van der Waals surface area contributed by atoms with Gasteiger partial charge in [0.25, 0.3) is 0 Å². The molecule has 0 unspecified atom stereocenters. The molecule has 1 fully saturated rings. The van der Waals surface area contributed by atoms with Crippen LogP contribution in [-0.4, -0.2) is 33.4 Å². The molecule has 1 saturated carbocycles. The van der Waals surface area contributed by atoms with Gasteiger partial charge in [-0.2, -0.15) is 0 Å². The standard InChI is InChI=1S/C15H20N2O3/c1-3-17(10-12-7-4-6-11(2)16-12)13(18)15(14(19)20)8-5-9-15/h4,6-7H,3,5,8-10H2,1-2H3,(H,19,20). The van der Waals surface area contributed by atoms with Crippen molar-refractivity contribution >= 4 is 11.9 Å². The maximum atomic E-state index is 12.5. The SMILES string of the molecule is CCN(Cc1cccc(C)n1)C(=O)C1(C(=O)O)CCC1. The van der Waals surface area contributed by atoms with E-state index < -0.39 is 11.4 Å². The second-order valence-electron chi connectivity index (χ2n) is 5.33. The Balaban J connectivity index is 2.16. The van der Waals surface area contributed by atoms with Crippen molar-refractivity contribution in [1.82, 2.24) is 9.88 Å². The molecule has 1 aromatic heterocycles. The number of aryl methyl sites for hydroxylation is 1. The number of carboxylic acid groups (broad SMARTS) is 1. The monoisotopic (exact) mass is 276 g/mol. The van der Waals surface area contributed by atoms with E-state index >= 15 is 0 Å². The van der Waals surface area contributed by atoms with Crippen LogP contribution in [0.3, 0.4) is 0 Å². The molecule has 1 aromatic rings. The van der Waals surface area contributed by atoms with E-state index in [1.54, 1.807) is 4.90 Å². The van der Waals surface area contributed by atoms with Crippen LogP contribution in [0.2, 0.25) is 0 Å². The molecule has 108 valence electrons. The number of aromatic nitrogens is 1. The summed E-state index contributed by atoms with van der Waals surface area (Å²) in [4.78, 5) is 29.9. The second-order valence-corrected chi connectivity index (χ2v) is 5.33. The Morgan fingerprint density at radius 1 is 1.40 bits per heavy atom. The number of nitrogens with zero attached hydrogens (tertiary/aromatic N) is 2. The van der Waals surface area contributed by atoms with Gasteiger partial charge < -0.3 is 10.0 Å². The lowest BCUT2D eigenvalue weighted by Crippen LogP contribution is -2.52. The second kappa shape index (κ2) is 5.61. The Morgan fingerprint density at radius 2 is 2.10 bits per heavy atom. The average molecular weight is 276 g/mol. The van der Waals surface area contributed by atoms with E-state index in [1.807, 2.05) is 32.0 Å². The molecular weight excluding hydrogens is 256 g/mol. The first kappa shape index (κ1) is 14.5. The van der Waals surface area contributed by atoms with Crippen molar-refractivity contribution in [2.75, 3.05) is 6.54 Å². The first-order valence-electron chi connectivity index (χ1n) is 6.95. The van der Waals surface area contributed by atoms with E-state index in [0.717, 1.165) is 17.8 Å². The average Bonchev–Trinajstić information content (AvgIpc) is 2.34. The summed E-state index contributed by atoms with van der Waals surface area (Å²) in [6, 6.07) is 5.65. The van der Waals surface area contributed by atoms with Crippen molar-refractivity contribution in [2.45, 2.75) is 39.7 Å². The number of pyridine rings is 1. The van der Waals surface area contributed by atoms with Gasteiger partial charge in [-0.05, 0) is 38.8 Å². The van der Waals surface area contributed by atoms with Gasteiger partial charge >= 0.3 is 5.97 Å². The number of carbonyl (C=O) groups is 2. The van der Waals surface area contributed by atoms with Crippen LogP contribution in [0.5, 0.6) is 0 Å². The summed E-state index contributed by atoms with van der Waals surface area (Å²) in [5.41, 5.74) is 0.488. The van der Waals surface area contributed by atoms with Crippen LogP contribution in [0.15, 0.2) is 18.2 Å². The normalized spacial score (nSPS) is 16.3. The molecule has 1 aliphatic carbocycles. The fourth-order valence-corrected chi connectivity index (χ4v) is 2.56. The fraction of sp³-hybridized carbons (Fsp3) is 0.533. The summed E-state index contributed by atoms with van der Waals surface area (Å²) < 4.78 is 0. The number of carboxylic acids is 1. The molecule has 0 saturated heterocycles. The van der Waals surface area contributed by atoms with Crippen molar-refractivity contribution in [3.05, 3.63) is 29.6 Å². The van der Waals surface area contributed by atoms with E-state index in [-0.39, 0.29) is 5.91 Å². The Morgan fingerprint density at radius 3 is 2.55 bits per heavy atom. The van der Waals surface area contributed by atoms with Gasteiger partial charge in [0, 0.05) is 12.2 Å². The molecule has 1 N–H and O–H groups in total. The minimum absolute atomic E-state index is 0.276. The van der Waals surface area contributed by atoms with Gasteiger partial charge in [-0.25, -0.2) is 0 Å². The van der Waals surface area contributed by atoms with Crippen LogP contribution in [0.4, 0.5) is 0 Å². The topological polar surface area (TPSA) is 70.5 Å². The zero-order chi connectivity index (χ0) is 14.8. The number of aliphatic carboxylic acids is 1. The van der Waals surface area contributed by atoms with E-state index in [4.69, 9.17) is 0 Å². The molecule has 5 heteroatoms. The lowest BCUT2D eigenvalue weighted by Gasteiger charge is -2.39. The lowest BCUT2D eigenvalue weighted by molar-refractivity contribution is -0.167. The van der Waals surface area contributed by atoms with E-state index in [0.29, 0.717) is 25.9 Å². The number of rotatable bonds is 5. The Labute approximate surface area is 118 Å². The molecule has 1 aliphatic rings. The molecule has 0 aliphatic heterocycles. The van der Waals surface area contributed by atoms with Gasteiger partial charge in [0.05, 0.1) is 12.2 Å². The van der Waals surface area contributed by atoms with Crippen LogP contribution >= 0.6 is 0 Å². The summed E-state index contributed by atoms with van der Waals surface area (Å²) >= 11 is 0. The molecule has 1 amide bonds. The third kappa shape index (κ3) is 2.53. The predicted molar refractivity (Wildman–Crippen MR) is 74.0 cm³/mol. The summed E-state index contributed by atoms with van der Waals surface area (Å²) in [6.45, 7) is 4.61. The summed E-state index contributed by atoms with van der Waals surface area (Å²) in [6.07, 6.45) is 1.69. The van der Waals surface area contributed by atoms with Gasteiger partial charge in [-0.3, -0.25) is 14.6 Å². The van der Waals surface area contributed by atoms with E-state index in [9.17, 15) is 14.7 Å². The lowest BCUT2D eigenvalue weighted by atomic mass is 9.67. The van der Waals surface area contributed by atoms with Gasteiger partial charge in [-0.15, -0.1) is 0 Å². The van der Waals surface area contributed by atoms with E-state index in [2.05, 4.69) is 4.98 Å². The Hall–Kier alpha value is -1.91. The summed E-state index contributed by atoms with van der Waals surface area (Å²) in [7, 11) is 0. The first-order valence-corrected chi connectivity index (χ1v) is 6.95. The van der Waals surface area contributed by atoms with Gasteiger partial charge in [-0.1, -0.05) is 12.5 Å². The van der Waals surface area contributed by atoms with Crippen molar-refractivity contribution in [3.63, 3.8) is 0 Å². The Kier molecular flexibility index (Phi) is 4.06. The van der Waals surface area contributed by atoms with Crippen molar-refractivity contribution in [3.8, 4) is 0 Å². The molecule has 0 bridgehead atoms. The summed E-state index contributed by atoms with van der Waals surface area (Å²) in [5, 5.41) is 9.35. The fourth-order valence-electron chi connectivity index (χ4n) is 2.56. The molecular formula is C15H20N2O3. The highest BCUT2D eigenvalue weighted by molar-refractivity contribution is 6.02. The zero-order valence-electron chi connectivity index (χ0n) is 11.9. The van der Waals surface area contributed by atoms with Crippen LogP contribution in [0.25, 0.3) is 0 Å². The first-order chi connectivity index (χ1) is 9.49. The molecule has 0 spiro atoms. The van der Waals surface area contributed by atoms with E-state index in [1.165, 1.54) is 0 Å². The number of hydrogen-bond donors (Lipinski definition) is 1. The maximum absolute atomic E-state index is 12.5. The van der Waals surface area contributed by atoms with Crippen molar-refractivity contribution < 1.29 is 14.7 Å². The molecule has 0 aromatic carbocycles. The molecule has 5 nitrogen and oxygen atoms in total. The van der Waals surface area contributed by atoms with Gasteiger partial charge in [0.2, 0.25) is 5.91 Å². The minimum atomic E-state index is -1.19. The molecule has 1 heterocycles. The van der Waals surface area contributed by atoms with Gasteiger partial charge in [0.15, 0.2) is 0 Å². The van der Waals surface area contributed by atoms with Crippen LogP contribution < -0.4 is 0 Å². The van der Waals surface area contributed by atoms with Crippen molar-refractivity contribution in [2.24, 2.45) is 5.41 Å². The highest BCUT2D eigenvalue weighted by atomic mass is 16.4. The quantitative estimate of drug-likeness (QED) is 0.835. The summed E-state index contributed by atoms with van der Waals surface area (Å²) in [5.74, 6) is -1.27. The number of carbonyl (C=O) groups excluding carboxylic acids is 1. The minimum Gasteiger partial charge on any atom is -0.480 e. The smallest absolute Gasteiger partial charge is 0.319 e. The maximum Gasteiger partial charge on any atom is 0.319 e. The van der Waals surface area contributed by atoms with Crippen LogP contribution in [0, 0.1) is 12.3 Å². The third-order valence-electron chi connectivity index (χ3n) is 3.99. The van der Waals surface area contributed by atoms with Crippen molar-refractivity contribution in [1.29, 1.82) is 0 Å². The third-order valence-corrected chi connectivity index (χ3v) is 3.99. The number of hydrogen-bond acceptors (Lipinski definition) is 3. The highest BCUT2D eigenvalue weighted by Crippen LogP contribution is 2.43. The molecule has 20 heavy (non-hydrogen) atoms. The van der Waals surface area contributed by atoms with Crippen LogP contribution in [0.1, 0.15) is 37.6 Å². The molecule has 0 atom stereocenters. The highest BCUT2D eigenvalue weighted by Gasteiger charge is 2.52. The van der Waals surface area contributed by atoms with Gasteiger partial charge in [0.1, 0.15) is 5.41 Å². The Bertz CT molecular complexity index is 524. The molecule has 2 rings (SSSR count). The molecule has 0 radical (unpaired) electrons. The zero-order valence-corrected chi connectivity index (χ0v) is 11.9. The predicted octanol–water partition coefficient (Wildman–Crippen LogP) is 1.99.